The van der Waals surface area contributed by atoms with E-state index in [4.69, 9.17) is 5.73 Å². The standard InChI is InChI=1S/C17H14FN3/c18-16-8-7-13(10-14(16)5-3-9-19)12-21-17-6-2-1-4-15(17)11-20-21/h1-2,4,6-8,10-11H,9,12,19H2. The number of nitrogens with two attached hydrogens (primary N) is 1. The van der Waals surface area contributed by atoms with Gasteiger partial charge in [-0.2, -0.15) is 5.10 Å². The van der Waals surface area contributed by atoms with Crippen LogP contribution in [0.4, 0.5) is 4.39 Å². The van der Waals surface area contributed by atoms with Crippen LogP contribution in [0.15, 0.2) is 48.7 Å². The lowest BCUT2D eigenvalue weighted by Gasteiger charge is -2.05. The Hall–Kier alpha value is -2.64. The Morgan fingerprint density at radius 2 is 2.05 bits per heavy atom. The van der Waals surface area contributed by atoms with Crippen LogP contribution in [0.25, 0.3) is 10.9 Å². The molecule has 0 saturated carbocycles. The van der Waals surface area contributed by atoms with Gasteiger partial charge in [-0.3, -0.25) is 4.68 Å². The molecule has 0 atom stereocenters. The Morgan fingerprint density at radius 3 is 2.90 bits per heavy atom. The first-order valence-corrected chi connectivity index (χ1v) is 6.66. The lowest BCUT2D eigenvalue weighted by atomic mass is 10.1. The summed E-state index contributed by atoms with van der Waals surface area (Å²) in [6, 6.07) is 12.9. The highest BCUT2D eigenvalue weighted by molar-refractivity contribution is 5.78. The molecule has 104 valence electrons. The number of halogens is 1. The lowest BCUT2D eigenvalue weighted by molar-refractivity contribution is 0.621. The molecule has 0 saturated heterocycles. The Bertz CT molecular complexity index is 840. The highest BCUT2D eigenvalue weighted by Crippen LogP contribution is 2.16. The van der Waals surface area contributed by atoms with Crippen molar-refractivity contribution in [2.45, 2.75) is 6.54 Å². The van der Waals surface area contributed by atoms with Gasteiger partial charge in [0, 0.05) is 5.39 Å². The molecule has 4 heteroatoms. The van der Waals surface area contributed by atoms with Crippen LogP contribution in [0, 0.1) is 17.7 Å². The van der Waals surface area contributed by atoms with Crippen LogP contribution in [-0.2, 0) is 6.54 Å². The number of rotatable bonds is 2. The molecule has 0 radical (unpaired) electrons. The minimum atomic E-state index is -0.329. The van der Waals surface area contributed by atoms with Gasteiger partial charge >= 0.3 is 0 Å². The van der Waals surface area contributed by atoms with Gasteiger partial charge in [-0.15, -0.1) is 0 Å². The maximum Gasteiger partial charge on any atom is 0.138 e. The SMILES string of the molecule is NCC#Cc1cc(Cn2ncc3ccccc32)ccc1F. The molecular formula is C17H14FN3. The van der Waals surface area contributed by atoms with Gasteiger partial charge < -0.3 is 5.73 Å². The molecule has 0 spiro atoms. The first-order valence-electron chi connectivity index (χ1n) is 6.66. The molecule has 3 aromatic rings. The van der Waals surface area contributed by atoms with Gasteiger partial charge in [-0.1, -0.05) is 36.1 Å². The first-order chi connectivity index (χ1) is 10.3. The van der Waals surface area contributed by atoms with Gasteiger partial charge in [0.15, 0.2) is 0 Å². The minimum Gasteiger partial charge on any atom is -0.320 e. The second-order valence-corrected chi connectivity index (χ2v) is 4.68. The highest BCUT2D eigenvalue weighted by Gasteiger charge is 2.05. The molecule has 0 amide bonds. The van der Waals surface area contributed by atoms with E-state index in [9.17, 15) is 4.39 Å². The van der Waals surface area contributed by atoms with Crippen molar-refractivity contribution >= 4 is 10.9 Å². The van der Waals surface area contributed by atoms with E-state index in [1.807, 2.05) is 35.1 Å². The van der Waals surface area contributed by atoms with Gasteiger partial charge in [0.1, 0.15) is 5.82 Å². The number of hydrogen-bond acceptors (Lipinski definition) is 2. The zero-order chi connectivity index (χ0) is 14.7. The average Bonchev–Trinajstić information content (AvgIpc) is 2.91. The van der Waals surface area contributed by atoms with Crippen molar-refractivity contribution in [2.24, 2.45) is 5.73 Å². The van der Waals surface area contributed by atoms with E-state index in [0.29, 0.717) is 12.1 Å². The molecule has 0 fully saturated rings. The minimum absolute atomic E-state index is 0.216. The summed E-state index contributed by atoms with van der Waals surface area (Å²) in [7, 11) is 0. The van der Waals surface area contributed by atoms with Crippen molar-refractivity contribution in [2.75, 3.05) is 6.54 Å². The van der Waals surface area contributed by atoms with E-state index in [1.165, 1.54) is 6.07 Å². The quantitative estimate of drug-likeness (QED) is 0.733. The van der Waals surface area contributed by atoms with E-state index in [0.717, 1.165) is 16.5 Å². The van der Waals surface area contributed by atoms with Crippen molar-refractivity contribution in [1.82, 2.24) is 9.78 Å². The van der Waals surface area contributed by atoms with Crippen LogP contribution in [0.3, 0.4) is 0 Å². The number of benzene rings is 2. The van der Waals surface area contributed by atoms with Crippen LogP contribution in [-0.4, -0.2) is 16.3 Å². The van der Waals surface area contributed by atoms with Crippen LogP contribution in [0.1, 0.15) is 11.1 Å². The second-order valence-electron chi connectivity index (χ2n) is 4.68. The third kappa shape index (κ3) is 2.78. The van der Waals surface area contributed by atoms with E-state index in [2.05, 4.69) is 16.9 Å². The third-order valence-corrected chi connectivity index (χ3v) is 3.24. The molecular weight excluding hydrogens is 265 g/mol. The monoisotopic (exact) mass is 279 g/mol. The first kappa shape index (κ1) is 13.3. The normalized spacial score (nSPS) is 10.4. The fourth-order valence-electron chi connectivity index (χ4n) is 2.24. The van der Waals surface area contributed by atoms with Gasteiger partial charge in [-0.05, 0) is 23.8 Å². The summed E-state index contributed by atoms with van der Waals surface area (Å²) in [5.41, 5.74) is 7.70. The maximum atomic E-state index is 13.7. The summed E-state index contributed by atoms with van der Waals surface area (Å²) in [5, 5.41) is 5.46. The van der Waals surface area contributed by atoms with Crippen LogP contribution in [0.5, 0.6) is 0 Å². The predicted octanol–water partition coefficient (Wildman–Crippen LogP) is 2.53. The van der Waals surface area contributed by atoms with Crippen molar-refractivity contribution in [3.63, 3.8) is 0 Å². The summed E-state index contributed by atoms with van der Waals surface area (Å²) in [4.78, 5) is 0. The van der Waals surface area contributed by atoms with Crippen LogP contribution >= 0.6 is 0 Å². The van der Waals surface area contributed by atoms with E-state index in [-0.39, 0.29) is 12.4 Å². The summed E-state index contributed by atoms with van der Waals surface area (Å²) in [5.74, 6) is 5.10. The molecule has 1 aromatic heterocycles. The predicted molar refractivity (Wildman–Crippen MR) is 81.2 cm³/mol. The zero-order valence-electron chi connectivity index (χ0n) is 11.4. The summed E-state index contributed by atoms with van der Waals surface area (Å²) in [6.07, 6.45) is 1.83. The Labute approximate surface area is 122 Å². The van der Waals surface area contributed by atoms with E-state index < -0.39 is 0 Å². The molecule has 21 heavy (non-hydrogen) atoms. The van der Waals surface area contributed by atoms with Crippen LogP contribution < -0.4 is 5.73 Å². The molecule has 3 rings (SSSR count). The molecule has 0 bridgehead atoms. The van der Waals surface area contributed by atoms with E-state index in [1.54, 1.807) is 12.1 Å². The van der Waals surface area contributed by atoms with Crippen molar-refractivity contribution in [3.05, 3.63) is 65.6 Å². The fourth-order valence-corrected chi connectivity index (χ4v) is 2.24. The van der Waals surface area contributed by atoms with Crippen molar-refractivity contribution in [1.29, 1.82) is 0 Å². The van der Waals surface area contributed by atoms with E-state index >= 15 is 0 Å². The molecule has 0 aliphatic heterocycles. The molecule has 0 aliphatic rings. The van der Waals surface area contributed by atoms with Gasteiger partial charge in [0.05, 0.1) is 30.4 Å². The molecule has 0 aliphatic carbocycles. The summed E-state index contributed by atoms with van der Waals surface area (Å²) in [6.45, 7) is 0.790. The average molecular weight is 279 g/mol. The largest absolute Gasteiger partial charge is 0.320 e. The number of hydrogen-bond donors (Lipinski definition) is 1. The zero-order valence-corrected chi connectivity index (χ0v) is 11.4. The second kappa shape index (κ2) is 5.78. The Balaban J connectivity index is 1.94. The fraction of sp³-hybridized carbons (Fsp3) is 0.118. The van der Waals surface area contributed by atoms with Crippen molar-refractivity contribution < 1.29 is 4.39 Å². The highest BCUT2D eigenvalue weighted by atomic mass is 19.1. The van der Waals surface area contributed by atoms with Gasteiger partial charge in [0.2, 0.25) is 0 Å². The lowest BCUT2D eigenvalue weighted by Crippen LogP contribution is -2.02. The smallest absolute Gasteiger partial charge is 0.138 e. The molecule has 2 N–H and O–H groups in total. The number of fused-ring (bicyclic) bond motifs is 1. The third-order valence-electron chi connectivity index (χ3n) is 3.24. The molecule has 2 aromatic carbocycles. The Kier molecular flexibility index (Phi) is 3.67. The maximum absolute atomic E-state index is 13.7. The molecule has 3 nitrogen and oxygen atoms in total. The van der Waals surface area contributed by atoms with Gasteiger partial charge in [0.25, 0.3) is 0 Å². The number of nitrogens with zero attached hydrogens (tertiary/aromatic N) is 2. The molecule has 1 heterocycles. The summed E-state index contributed by atoms with van der Waals surface area (Å²) >= 11 is 0. The van der Waals surface area contributed by atoms with Crippen molar-refractivity contribution in [3.8, 4) is 11.8 Å². The summed E-state index contributed by atoms with van der Waals surface area (Å²) < 4.78 is 15.6. The molecule has 0 unspecified atom stereocenters. The van der Waals surface area contributed by atoms with Gasteiger partial charge in [-0.25, -0.2) is 4.39 Å². The topological polar surface area (TPSA) is 43.8 Å². The van der Waals surface area contributed by atoms with Crippen LogP contribution in [0.2, 0.25) is 0 Å². The number of aromatic nitrogens is 2. The Morgan fingerprint density at radius 1 is 1.19 bits per heavy atom. The number of para-hydroxylation sites is 1.